The van der Waals surface area contributed by atoms with Gasteiger partial charge in [0.2, 0.25) is 0 Å². The number of aryl methyl sites for hydroxylation is 1. The van der Waals surface area contributed by atoms with Gasteiger partial charge in [0.05, 0.1) is 12.7 Å². The SMILES string of the molecule is Cc1ccc(N)c(C)c1OCCC1CCCO1. The number of hydrogen-bond acceptors (Lipinski definition) is 3. The topological polar surface area (TPSA) is 44.5 Å². The van der Waals surface area contributed by atoms with Crippen LogP contribution >= 0.6 is 0 Å². The zero-order valence-electron chi connectivity index (χ0n) is 10.7. The number of hydrogen-bond donors (Lipinski definition) is 1. The Bertz CT molecular complexity index is 384. The summed E-state index contributed by atoms with van der Waals surface area (Å²) in [7, 11) is 0. The van der Waals surface area contributed by atoms with Crippen LogP contribution in [0, 0.1) is 13.8 Å². The van der Waals surface area contributed by atoms with Crippen LogP contribution in [-0.2, 0) is 4.74 Å². The predicted octanol–water partition coefficient (Wildman–Crippen LogP) is 2.83. The molecule has 0 bridgehead atoms. The smallest absolute Gasteiger partial charge is 0.127 e. The van der Waals surface area contributed by atoms with Gasteiger partial charge >= 0.3 is 0 Å². The fourth-order valence-corrected chi connectivity index (χ4v) is 2.23. The first-order valence-electron chi connectivity index (χ1n) is 6.28. The van der Waals surface area contributed by atoms with E-state index < -0.39 is 0 Å². The van der Waals surface area contributed by atoms with E-state index in [2.05, 4.69) is 0 Å². The lowest BCUT2D eigenvalue weighted by atomic mass is 10.1. The number of anilines is 1. The van der Waals surface area contributed by atoms with Gasteiger partial charge in [-0.15, -0.1) is 0 Å². The van der Waals surface area contributed by atoms with Crippen LogP contribution in [0.4, 0.5) is 5.69 Å². The van der Waals surface area contributed by atoms with E-state index in [1.807, 2.05) is 26.0 Å². The summed E-state index contributed by atoms with van der Waals surface area (Å²) in [5.74, 6) is 0.933. The standard InChI is InChI=1S/C14H21NO2/c1-10-5-6-13(15)11(2)14(10)17-9-7-12-4-3-8-16-12/h5-6,12H,3-4,7-9,15H2,1-2H3. The molecule has 1 aromatic rings. The molecule has 0 spiro atoms. The average molecular weight is 235 g/mol. The fourth-order valence-electron chi connectivity index (χ4n) is 2.23. The monoisotopic (exact) mass is 235 g/mol. The molecule has 2 N–H and O–H groups in total. The Balaban J connectivity index is 1.91. The second-order valence-electron chi connectivity index (χ2n) is 4.70. The molecule has 0 radical (unpaired) electrons. The van der Waals surface area contributed by atoms with Crippen LogP contribution in [-0.4, -0.2) is 19.3 Å². The third-order valence-corrected chi connectivity index (χ3v) is 3.35. The van der Waals surface area contributed by atoms with Crippen LogP contribution < -0.4 is 10.5 Å². The van der Waals surface area contributed by atoms with Gasteiger partial charge in [-0.25, -0.2) is 0 Å². The molecule has 2 rings (SSSR count). The molecular formula is C14H21NO2. The number of nitrogen functional groups attached to an aromatic ring is 1. The van der Waals surface area contributed by atoms with Crippen LogP contribution in [0.2, 0.25) is 0 Å². The van der Waals surface area contributed by atoms with E-state index in [0.717, 1.165) is 42.0 Å². The van der Waals surface area contributed by atoms with Crippen LogP contribution in [0.5, 0.6) is 5.75 Å². The van der Waals surface area contributed by atoms with Gasteiger partial charge in [-0.3, -0.25) is 0 Å². The van der Waals surface area contributed by atoms with Crippen molar-refractivity contribution in [3.63, 3.8) is 0 Å². The van der Waals surface area contributed by atoms with Crippen molar-refractivity contribution < 1.29 is 9.47 Å². The Kier molecular flexibility index (Phi) is 3.89. The Labute approximate surface area is 103 Å². The van der Waals surface area contributed by atoms with Crippen molar-refractivity contribution in [3.8, 4) is 5.75 Å². The van der Waals surface area contributed by atoms with Crippen molar-refractivity contribution in [2.45, 2.75) is 39.2 Å². The minimum Gasteiger partial charge on any atom is -0.493 e. The molecule has 1 aliphatic heterocycles. The van der Waals surface area contributed by atoms with Crippen molar-refractivity contribution in [1.29, 1.82) is 0 Å². The Hall–Kier alpha value is -1.22. The van der Waals surface area contributed by atoms with Crippen molar-refractivity contribution in [3.05, 3.63) is 23.3 Å². The lowest BCUT2D eigenvalue weighted by molar-refractivity contribution is 0.0901. The summed E-state index contributed by atoms with van der Waals surface area (Å²) in [6.45, 7) is 5.66. The van der Waals surface area contributed by atoms with Gasteiger partial charge in [0.25, 0.3) is 0 Å². The quantitative estimate of drug-likeness (QED) is 0.816. The van der Waals surface area contributed by atoms with E-state index in [4.69, 9.17) is 15.2 Å². The molecular weight excluding hydrogens is 214 g/mol. The van der Waals surface area contributed by atoms with Crippen molar-refractivity contribution in [1.82, 2.24) is 0 Å². The minimum absolute atomic E-state index is 0.386. The molecule has 1 atom stereocenters. The van der Waals surface area contributed by atoms with Gasteiger partial charge in [0.15, 0.2) is 0 Å². The third-order valence-electron chi connectivity index (χ3n) is 3.35. The largest absolute Gasteiger partial charge is 0.493 e. The first kappa shape index (κ1) is 12.2. The zero-order valence-corrected chi connectivity index (χ0v) is 10.7. The zero-order chi connectivity index (χ0) is 12.3. The number of rotatable bonds is 4. The van der Waals surface area contributed by atoms with E-state index in [1.165, 1.54) is 6.42 Å². The van der Waals surface area contributed by atoms with Crippen LogP contribution in [0.15, 0.2) is 12.1 Å². The molecule has 17 heavy (non-hydrogen) atoms. The summed E-state index contributed by atoms with van der Waals surface area (Å²) in [4.78, 5) is 0. The third kappa shape index (κ3) is 2.91. The molecule has 1 fully saturated rings. The molecule has 1 aromatic carbocycles. The van der Waals surface area contributed by atoms with Gasteiger partial charge in [-0.2, -0.15) is 0 Å². The predicted molar refractivity (Wildman–Crippen MR) is 69.4 cm³/mol. The highest BCUT2D eigenvalue weighted by atomic mass is 16.5. The Morgan fingerprint density at radius 2 is 2.24 bits per heavy atom. The van der Waals surface area contributed by atoms with E-state index in [1.54, 1.807) is 0 Å². The van der Waals surface area contributed by atoms with E-state index in [9.17, 15) is 0 Å². The van der Waals surface area contributed by atoms with Crippen molar-refractivity contribution in [2.75, 3.05) is 18.9 Å². The molecule has 0 aromatic heterocycles. The molecule has 94 valence electrons. The first-order valence-corrected chi connectivity index (χ1v) is 6.28. The summed E-state index contributed by atoms with van der Waals surface area (Å²) < 4.78 is 11.4. The Morgan fingerprint density at radius 1 is 1.41 bits per heavy atom. The van der Waals surface area contributed by atoms with E-state index in [-0.39, 0.29) is 0 Å². The lowest BCUT2D eigenvalue weighted by Crippen LogP contribution is -2.11. The maximum Gasteiger partial charge on any atom is 0.127 e. The minimum atomic E-state index is 0.386. The number of benzene rings is 1. The molecule has 0 aliphatic carbocycles. The fraction of sp³-hybridized carbons (Fsp3) is 0.571. The number of ether oxygens (including phenoxy) is 2. The molecule has 1 heterocycles. The maximum absolute atomic E-state index is 5.88. The highest BCUT2D eigenvalue weighted by molar-refractivity contribution is 5.56. The molecule has 1 saturated heterocycles. The van der Waals surface area contributed by atoms with E-state index >= 15 is 0 Å². The average Bonchev–Trinajstić information content (AvgIpc) is 2.81. The van der Waals surface area contributed by atoms with Gasteiger partial charge in [-0.1, -0.05) is 6.07 Å². The summed E-state index contributed by atoms with van der Waals surface area (Å²) in [5.41, 5.74) is 8.85. The van der Waals surface area contributed by atoms with Gasteiger partial charge < -0.3 is 15.2 Å². The van der Waals surface area contributed by atoms with Crippen LogP contribution in [0.3, 0.4) is 0 Å². The molecule has 0 amide bonds. The lowest BCUT2D eigenvalue weighted by Gasteiger charge is -2.15. The molecule has 1 aliphatic rings. The van der Waals surface area contributed by atoms with Gasteiger partial charge in [0.1, 0.15) is 5.75 Å². The highest BCUT2D eigenvalue weighted by Gasteiger charge is 2.15. The highest BCUT2D eigenvalue weighted by Crippen LogP contribution is 2.28. The van der Waals surface area contributed by atoms with Gasteiger partial charge in [0, 0.05) is 24.3 Å². The molecule has 3 nitrogen and oxygen atoms in total. The van der Waals surface area contributed by atoms with Crippen LogP contribution in [0.1, 0.15) is 30.4 Å². The maximum atomic E-state index is 5.88. The van der Waals surface area contributed by atoms with Crippen molar-refractivity contribution >= 4 is 5.69 Å². The van der Waals surface area contributed by atoms with E-state index in [0.29, 0.717) is 12.7 Å². The van der Waals surface area contributed by atoms with Crippen molar-refractivity contribution in [2.24, 2.45) is 0 Å². The summed E-state index contributed by atoms with van der Waals surface area (Å²) >= 11 is 0. The Morgan fingerprint density at radius 3 is 2.94 bits per heavy atom. The second kappa shape index (κ2) is 5.41. The number of nitrogens with two attached hydrogens (primary N) is 1. The molecule has 3 heteroatoms. The summed E-state index contributed by atoms with van der Waals surface area (Å²) in [6, 6.07) is 3.93. The summed E-state index contributed by atoms with van der Waals surface area (Å²) in [5, 5.41) is 0. The van der Waals surface area contributed by atoms with Crippen LogP contribution in [0.25, 0.3) is 0 Å². The molecule has 1 unspecified atom stereocenters. The molecule has 0 saturated carbocycles. The normalized spacial score (nSPS) is 19.5. The second-order valence-corrected chi connectivity index (χ2v) is 4.70. The van der Waals surface area contributed by atoms with Gasteiger partial charge in [-0.05, 0) is 38.3 Å². The first-order chi connectivity index (χ1) is 8.18. The summed E-state index contributed by atoms with van der Waals surface area (Å²) in [6.07, 6.45) is 3.70.